The lowest BCUT2D eigenvalue weighted by Crippen LogP contribution is -2.32. The van der Waals surface area contributed by atoms with Crippen LogP contribution in [0.3, 0.4) is 0 Å². The third-order valence-corrected chi connectivity index (χ3v) is 2.85. The van der Waals surface area contributed by atoms with Crippen LogP contribution in [-0.2, 0) is 0 Å². The molecule has 1 aliphatic rings. The summed E-state index contributed by atoms with van der Waals surface area (Å²) in [5.41, 5.74) is 7.65. The van der Waals surface area contributed by atoms with Gasteiger partial charge in [0.2, 0.25) is 0 Å². The highest BCUT2D eigenvalue weighted by atomic mass is 15.2. The molecule has 0 radical (unpaired) electrons. The molecule has 0 amide bonds. The van der Waals surface area contributed by atoms with E-state index in [1.54, 1.807) is 6.20 Å². The molecule has 1 aromatic rings. The molecule has 1 saturated carbocycles. The number of rotatable bonds is 4. The van der Waals surface area contributed by atoms with Crippen LogP contribution in [0.2, 0.25) is 0 Å². The Labute approximate surface area is 91.3 Å². The summed E-state index contributed by atoms with van der Waals surface area (Å²) < 4.78 is 0. The molecule has 0 aromatic carbocycles. The number of pyridine rings is 1. The minimum Gasteiger partial charge on any atom is -0.397 e. The SMILES string of the molecule is CC(C)N(CC1CC1)c1cncc(N)c1. The molecule has 0 atom stereocenters. The summed E-state index contributed by atoms with van der Waals surface area (Å²) in [5.74, 6) is 0.883. The first-order valence-corrected chi connectivity index (χ1v) is 5.64. The molecule has 0 aliphatic heterocycles. The number of aromatic nitrogens is 1. The van der Waals surface area contributed by atoms with Crippen molar-refractivity contribution in [1.82, 2.24) is 4.98 Å². The summed E-state index contributed by atoms with van der Waals surface area (Å²) in [4.78, 5) is 6.54. The molecule has 0 unspecified atom stereocenters. The molecular formula is C12H19N3. The Hall–Kier alpha value is -1.25. The molecule has 1 heterocycles. The Morgan fingerprint density at radius 2 is 2.20 bits per heavy atom. The van der Waals surface area contributed by atoms with E-state index in [4.69, 9.17) is 5.73 Å². The lowest BCUT2D eigenvalue weighted by Gasteiger charge is -2.28. The predicted molar refractivity (Wildman–Crippen MR) is 63.9 cm³/mol. The Kier molecular flexibility index (Phi) is 2.80. The third kappa shape index (κ3) is 2.61. The molecule has 3 heteroatoms. The topological polar surface area (TPSA) is 42.2 Å². The van der Waals surface area contributed by atoms with Crippen LogP contribution in [0, 0.1) is 5.92 Å². The van der Waals surface area contributed by atoms with E-state index in [-0.39, 0.29) is 0 Å². The van der Waals surface area contributed by atoms with Crippen LogP contribution < -0.4 is 10.6 Å². The van der Waals surface area contributed by atoms with Crippen LogP contribution in [0.15, 0.2) is 18.5 Å². The zero-order valence-electron chi connectivity index (χ0n) is 9.48. The zero-order chi connectivity index (χ0) is 10.8. The van der Waals surface area contributed by atoms with Gasteiger partial charge in [-0.25, -0.2) is 0 Å². The highest BCUT2D eigenvalue weighted by Gasteiger charge is 2.25. The quantitative estimate of drug-likeness (QED) is 0.820. The maximum absolute atomic E-state index is 5.75. The second kappa shape index (κ2) is 4.09. The monoisotopic (exact) mass is 205 g/mol. The summed E-state index contributed by atoms with van der Waals surface area (Å²) in [6.07, 6.45) is 6.34. The number of nitrogens with zero attached hydrogens (tertiary/aromatic N) is 2. The van der Waals surface area contributed by atoms with E-state index in [1.165, 1.54) is 12.8 Å². The van der Waals surface area contributed by atoms with Crippen molar-refractivity contribution < 1.29 is 0 Å². The Bertz CT molecular complexity index is 331. The van der Waals surface area contributed by atoms with E-state index >= 15 is 0 Å². The highest BCUT2D eigenvalue weighted by molar-refractivity contribution is 5.53. The summed E-state index contributed by atoms with van der Waals surface area (Å²) in [5, 5.41) is 0. The fourth-order valence-electron chi connectivity index (χ4n) is 1.80. The molecular weight excluding hydrogens is 186 g/mol. The van der Waals surface area contributed by atoms with Gasteiger partial charge in [0.1, 0.15) is 0 Å². The van der Waals surface area contributed by atoms with Crippen molar-refractivity contribution in [3.8, 4) is 0 Å². The van der Waals surface area contributed by atoms with Crippen molar-refractivity contribution in [3.05, 3.63) is 18.5 Å². The van der Waals surface area contributed by atoms with Gasteiger partial charge in [-0.15, -0.1) is 0 Å². The molecule has 0 saturated heterocycles. The normalized spacial score (nSPS) is 15.7. The first kappa shape index (κ1) is 10.3. The largest absolute Gasteiger partial charge is 0.397 e. The van der Waals surface area contributed by atoms with Crippen LogP contribution in [0.5, 0.6) is 0 Å². The number of anilines is 2. The second-order valence-corrected chi connectivity index (χ2v) is 4.67. The highest BCUT2D eigenvalue weighted by Crippen LogP contribution is 2.32. The lowest BCUT2D eigenvalue weighted by atomic mass is 10.2. The van der Waals surface area contributed by atoms with Crippen LogP contribution in [-0.4, -0.2) is 17.6 Å². The van der Waals surface area contributed by atoms with Gasteiger partial charge in [-0.1, -0.05) is 0 Å². The minimum absolute atomic E-state index is 0.509. The summed E-state index contributed by atoms with van der Waals surface area (Å²) in [6.45, 7) is 5.57. The summed E-state index contributed by atoms with van der Waals surface area (Å²) in [6, 6.07) is 2.52. The average Bonchev–Trinajstić information content (AvgIpc) is 2.97. The van der Waals surface area contributed by atoms with Gasteiger partial charge >= 0.3 is 0 Å². The van der Waals surface area contributed by atoms with Crippen molar-refractivity contribution in [1.29, 1.82) is 0 Å². The Morgan fingerprint density at radius 1 is 1.47 bits per heavy atom. The van der Waals surface area contributed by atoms with Crippen LogP contribution in [0.1, 0.15) is 26.7 Å². The summed E-state index contributed by atoms with van der Waals surface area (Å²) >= 11 is 0. The average molecular weight is 205 g/mol. The van der Waals surface area contributed by atoms with Crippen molar-refractivity contribution in [2.24, 2.45) is 5.92 Å². The predicted octanol–water partition coefficient (Wildman–Crippen LogP) is 2.29. The zero-order valence-corrected chi connectivity index (χ0v) is 9.48. The molecule has 1 aromatic heterocycles. The fourth-order valence-corrected chi connectivity index (χ4v) is 1.80. The Balaban J connectivity index is 2.15. The first-order chi connectivity index (χ1) is 7.16. The number of hydrogen-bond acceptors (Lipinski definition) is 3. The van der Waals surface area contributed by atoms with Crippen LogP contribution >= 0.6 is 0 Å². The molecule has 3 nitrogen and oxygen atoms in total. The standard InChI is InChI=1S/C12H19N3/c1-9(2)15(8-10-3-4-10)12-5-11(13)6-14-7-12/h5-7,9-10H,3-4,8,13H2,1-2H3. The fraction of sp³-hybridized carbons (Fsp3) is 0.583. The third-order valence-electron chi connectivity index (χ3n) is 2.85. The van der Waals surface area contributed by atoms with Gasteiger partial charge in [0.25, 0.3) is 0 Å². The molecule has 1 aliphatic carbocycles. The van der Waals surface area contributed by atoms with Gasteiger partial charge in [0, 0.05) is 18.8 Å². The number of nitrogen functional groups attached to an aromatic ring is 1. The van der Waals surface area contributed by atoms with Gasteiger partial charge in [-0.2, -0.15) is 0 Å². The van der Waals surface area contributed by atoms with Crippen LogP contribution in [0.25, 0.3) is 0 Å². The van der Waals surface area contributed by atoms with Crippen LogP contribution in [0.4, 0.5) is 11.4 Å². The maximum Gasteiger partial charge on any atom is 0.0575 e. The van der Waals surface area contributed by atoms with E-state index in [0.29, 0.717) is 6.04 Å². The molecule has 2 rings (SSSR count). The Morgan fingerprint density at radius 3 is 2.73 bits per heavy atom. The molecule has 82 valence electrons. The first-order valence-electron chi connectivity index (χ1n) is 5.64. The number of hydrogen-bond donors (Lipinski definition) is 1. The summed E-state index contributed by atoms with van der Waals surface area (Å²) in [7, 11) is 0. The van der Waals surface area contributed by atoms with Gasteiger partial charge in [0.15, 0.2) is 0 Å². The smallest absolute Gasteiger partial charge is 0.0575 e. The van der Waals surface area contributed by atoms with Crippen molar-refractivity contribution in [2.75, 3.05) is 17.2 Å². The van der Waals surface area contributed by atoms with Crippen molar-refractivity contribution in [2.45, 2.75) is 32.7 Å². The van der Waals surface area contributed by atoms with E-state index < -0.39 is 0 Å². The molecule has 15 heavy (non-hydrogen) atoms. The van der Waals surface area contributed by atoms with E-state index in [2.05, 4.69) is 23.7 Å². The maximum atomic E-state index is 5.75. The molecule has 1 fully saturated rings. The molecule has 0 bridgehead atoms. The second-order valence-electron chi connectivity index (χ2n) is 4.67. The van der Waals surface area contributed by atoms with Crippen molar-refractivity contribution >= 4 is 11.4 Å². The lowest BCUT2D eigenvalue weighted by molar-refractivity contribution is 0.644. The minimum atomic E-state index is 0.509. The van der Waals surface area contributed by atoms with Crippen molar-refractivity contribution in [3.63, 3.8) is 0 Å². The van der Waals surface area contributed by atoms with Gasteiger partial charge in [0.05, 0.1) is 17.6 Å². The number of nitrogens with two attached hydrogens (primary N) is 1. The van der Waals surface area contributed by atoms with Gasteiger partial charge < -0.3 is 10.6 Å². The van der Waals surface area contributed by atoms with E-state index in [1.807, 2.05) is 12.3 Å². The van der Waals surface area contributed by atoms with Gasteiger partial charge in [-0.3, -0.25) is 4.98 Å². The molecule has 0 spiro atoms. The van der Waals surface area contributed by atoms with E-state index in [0.717, 1.165) is 23.8 Å². The van der Waals surface area contributed by atoms with Gasteiger partial charge in [-0.05, 0) is 38.7 Å². The van der Waals surface area contributed by atoms with E-state index in [9.17, 15) is 0 Å². The molecule has 2 N–H and O–H groups in total.